The molecular weight excluding hydrogens is 649 g/mol. The fourth-order valence-corrected chi connectivity index (χ4v) is 7.65. The average molecular weight is 698 g/mol. The van der Waals surface area contributed by atoms with Crippen LogP contribution >= 0.6 is 0 Å². The highest BCUT2D eigenvalue weighted by atomic mass is 32.2. The molecule has 4 rings (SSSR count). The standard InChI is InChI=1S/C37H48N2O7S2/c1-8-21-37(7)32-26-29(48(43,44)45)18-20-33(32)39(22-14-23-47(40,41)42)35(37)16-13-11-12-15-28-25-31(36(4,5)6)30-19-17-27(24-34(30)46-28)38(9-2)10-3/h11-13,15-20,24-26H,8-10,14,21-23H2,1-7H3,(H-,40,41,42,43,44,45)/p+1. The predicted molar refractivity (Wildman–Crippen MR) is 194 cm³/mol. The first kappa shape index (κ1) is 37.3. The highest BCUT2D eigenvalue weighted by Crippen LogP contribution is 2.51. The minimum absolute atomic E-state index is 0.107. The largest absolute Gasteiger partial charge is 0.456 e. The fraction of sp³-hybridized carbons (Fsp3) is 0.432. The summed E-state index contributed by atoms with van der Waals surface area (Å²) in [6, 6.07) is 13.0. The van der Waals surface area contributed by atoms with Crippen LogP contribution < -0.4 is 14.8 Å². The molecule has 0 saturated heterocycles. The Bertz CT molecular complexity index is 1990. The van der Waals surface area contributed by atoms with Crippen LogP contribution in [-0.4, -0.2) is 51.3 Å². The van der Waals surface area contributed by atoms with Crippen molar-refractivity contribution in [1.29, 1.82) is 0 Å². The molecule has 48 heavy (non-hydrogen) atoms. The molecule has 0 fully saturated rings. The van der Waals surface area contributed by atoms with Crippen molar-refractivity contribution in [2.75, 3.05) is 30.3 Å². The highest BCUT2D eigenvalue weighted by molar-refractivity contribution is 7.86. The second kappa shape index (κ2) is 14.5. The van der Waals surface area contributed by atoms with Crippen LogP contribution in [0.3, 0.4) is 0 Å². The zero-order chi connectivity index (χ0) is 35.5. The van der Waals surface area contributed by atoms with E-state index in [2.05, 4.69) is 63.5 Å². The van der Waals surface area contributed by atoms with Gasteiger partial charge < -0.3 is 9.32 Å². The Kier molecular flexibility index (Phi) is 11.3. The van der Waals surface area contributed by atoms with Crippen LogP contribution in [0.2, 0.25) is 0 Å². The zero-order valence-corrected chi connectivity index (χ0v) is 30.7. The molecule has 9 nitrogen and oxygen atoms in total. The van der Waals surface area contributed by atoms with Gasteiger partial charge in [-0.2, -0.15) is 16.8 Å². The number of rotatable bonds is 12. The van der Waals surface area contributed by atoms with Crippen LogP contribution in [0.4, 0.5) is 5.69 Å². The Hall–Kier alpha value is -3.51. The van der Waals surface area contributed by atoms with E-state index in [0.717, 1.165) is 58.9 Å². The van der Waals surface area contributed by atoms with Crippen LogP contribution in [0, 0.1) is 0 Å². The van der Waals surface area contributed by atoms with E-state index in [1.54, 1.807) is 6.07 Å². The van der Waals surface area contributed by atoms with E-state index < -0.39 is 31.4 Å². The molecule has 2 N–H and O–H groups in total. The summed E-state index contributed by atoms with van der Waals surface area (Å²) in [5.74, 6) is 1.14. The van der Waals surface area contributed by atoms with E-state index in [9.17, 15) is 25.9 Å². The van der Waals surface area contributed by atoms with E-state index in [-0.39, 0.29) is 23.3 Å². The summed E-state index contributed by atoms with van der Waals surface area (Å²) >= 11 is 0. The number of hydrogen-bond acceptors (Lipinski definition) is 6. The maximum Gasteiger partial charge on any atom is 0.294 e. The van der Waals surface area contributed by atoms with Crippen LogP contribution in [0.1, 0.15) is 84.6 Å². The molecule has 3 aliphatic rings. The van der Waals surface area contributed by atoms with Crippen LogP contribution in [0.15, 0.2) is 81.8 Å². The van der Waals surface area contributed by atoms with E-state index in [1.165, 1.54) is 17.7 Å². The first-order valence-electron chi connectivity index (χ1n) is 16.5. The normalized spacial score (nSPS) is 18.1. The van der Waals surface area contributed by atoms with Gasteiger partial charge in [-0.3, -0.25) is 9.11 Å². The third-order valence-corrected chi connectivity index (χ3v) is 10.6. The molecule has 1 aromatic rings. The van der Waals surface area contributed by atoms with Gasteiger partial charge in [0.25, 0.3) is 20.2 Å². The summed E-state index contributed by atoms with van der Waals surface area (Å²) in [4.78, 5) is 1.78. The van der Waals surface area contributed by atoms with Crippen molar-refractivity contribution < 1.29 is 30.4 Å². The molecule has 1 atom stereocenters. The minimum Gasteiger partial charge on any atom is -0.456 e. The third-order valence-electron chi connectivity index (χ3n) is 8.98. The summed E-state index contributed by atoms with van der Waals surface area (Å²) in [6.07, 6.45) is 11.2. The monoisotopic (exact) mass is 697 g/mol. The van der Waals surface area contributed by atoms with E-state index in [0.29, 0.717) is 6.42 Å². The number of anilines is 1. The summed E-state index contributed by atoms with van der Waals surface area (Å²) in [5.41, 5.74) is 3.87. The number of fused-ring (bicyclic) bond motifs is 2. The molecular formula is C37H49N2O7S2+. The van der Waals surface area contributed by atoms with Crippen molar-refractivity contribution in [2.45, 2.75) is 83.5 Å². The van der Waals surface area contributed by atoms with E-state index in [1.807, 2.05) is 49.1 Å². The van der Waals surface area contributed by atoms with Crippen LogP contribution in [0.5, 0.6) is 0 Å². The summed E-state index contributed by atoms with van der Waals surface area (Å²) in [5, 5.41) is 1.11. The Labute approximate surface area is 285 Å². The second-order valence-corrected chi connectivity index (χ2v) is 16.5. The summed E-state index contributed by atoms with van der Waals surface area (Å²) < 4.78 is 74.9. The van der Waals surface area contributed by atoms with Gasteiger partial charge >= 0.3 is 0 Å². The van der Waals surface area contributed by atoms with Crippen molar-refractivity contribution in [3.05, 3.63) is 94.7 Å². The Morgan fingerprint density at radius 3 is 2.25 bits per heavy atom. The van der Waals surface area contributed by atoms with E-state index in [4.69, 9.17) is 4.42 Å². The van der Waals surface area contributed by atoms with E-state index >= 15 is 0 Å². The van der Waals surface area contributed by atoms with Gasteiger partial charge in [-0.1, -0.05) is 52.3 Å². The van der Waals surface area contributed by atoms with Crippen molar-refractivity contribution in [1.82, 2.24) is 4.58 Å². The predicted octanol–water partition coefficient (Wildman–Crippen LogP) is 7.05. The Morgan fingerprint density at radius 2 is 1.65 bits per heavy atom. The lowest BCUT2D eigenvalue weighted by Gasteiger charge is -2.30. The topological polar surface area (TPSA) is 128 Å². The third kappa shape index (κ3) is 8.37. The lowest BCUT2D eigenvalue weighted by atomic mass is 9.77. The molecule has 1 aromatic carbocycles. The van der Waals surface area contributed by atoms with Gasteiger partial charge in [-0.25, -0.2) is 4.58 Å². The van der Waals surface area contributed by atoms with Crippen molar-refractivity contribution >= 4 is 32.0 Å². The molecule has 0 bridgehead atoms. The smallest absolute Gasteiger partial charge is 0.294 e. The quantitative estimate of drug-likeness (QED) is 0.117. The average Bonchev–Trinajstić information content (AvgIpc) is 3.22. The molecule has 0 amide bonds. The van der Waals surface area contributed by atoms with Gasteiger partial charge in [0.2, 0.25) is 5.36 Å². The molecule has 0 saturated carbocycles. The number of allylic oxidation sites excluding steroid dienone is 5. The Morgan fingerprint density at radius 1 is 0.938 bits per heavy atom. The molecule has 0 spiro atoms. The van der Waals surface area contributed by atoms with Gasteiger partial charge in [0, 0.05) is 35.0 Å². The summed E-state index contributed by atoms with van der Waals surface area (Å²) in [6.45, 7) is 17.0. The van der Waals surface area contributed by atoms with Crippen LogP contribution in [-0.2, 0) is 31.1 Å². The second-order valence-electron chi connectivity index (χ2n) is 13.5. The SMILES string of the molecule is CCCC1(C)/C(=C/C=C/C=C/c2cc(C(C)(C)C)c3ccc(=[N+](CC)CC)cc-3o2)N(CCCS(=O)(=O)O)c2ccc(S(=O)(=O)O)cc21. The minimum atomic E-state index is -4.43. The zero-order valence-electron chi connectivity index (χ0n) is 29.0. The molecule has 11 heteroatoms. The fourth-order valence-electron chi connectivity index (χ4n) is 6.64. The molecule has 260 valence electrons. The number of benzene rings is 2. The maximum absolute atomic E-state index is 12.0. The lowest BCUT2D eigenvalue weighted by molar-refractivity contribution is 0.479. The van der Waals surface area contributed by atoms with Crippen molar-refractivity contribution in [3.8, 4) is 11.3 Å². The van der Waals surface area contributed by atoms with Crippen molar-refractivity contribution in [3.63, 3.8) is 0 Å². The number of hydrogen-bond donors (Lipinski definition) is 2. The Balaban J connectivity index is 1.75. The van der Waals surface area contributed by atoms with Gasteiger partial charge in [-0.05, 0) is 92.6 Å². The van der Waals surface area contributed by atoms with Gasteiger partial charge in [0.05, 0.1) is 16.7 Å². The van der Waals surface area contributed by atoms with Crippen molar-refractivity contribution in [2.24, 2.45) is 0 Å². The molecule has 0 aromatic heterocycles. The van der Waals surface area contributed by atoms with Gasteiger partial charge in [0.15, 0.2) is 0 Å². The first-order valence-corrected chi connectivity index (χ1v) is 19.5. The lowest BCUT2D eigenvalue weighted by Crippen LogP contribution is -2.30. The summed E-state index contributed by atoms with van der Waals surface area (Å²) in [7, 11) is -8.59. The van der Waals surface area contributed by atoms with Crippen LogP contribution in [0.25, 0.3) is 17.4 Å². The molecule has 2 aliphatic heterocycles. The van der Waals surface area contributed by atoms with Gasteiger partial charge in [-0.15, -0.1) is 0 Å². The van der Waals surface area contributed by atoms with Gasteiger partial charge in [0.1, 0.15) is 24.6 Å². The maximum atomic E-state index is 12.0. The molecule has 2 heterocycles. The number of nitrogens with zero attached hydrogens (tertiary/aromatic N) is 2. The molecule has 0 radical (unpaired) electrons. The molecule has 1 unspecified atom stereocenters. The molecule has 1 aliphatic carbocycles. The first-order chi connectivity index (χ1) is 22.4. The highest BCUT2D eigenvalue weighted by Gasteiger charge is 2.43.